The molecule has 1 aliphatic heterocycles. The van der Waals surface area contributed by atoms with E-state index in [4.69, 9.17) is 0 Å². The lowest BCUT2D eigenvalue weighted by Gasteiger charge is -2.32. The number of likely N-dealkylation sites (N-methyl/N-ethyl adjacent to an activating group) is 1. The molecule has 1 saturated heterocycles. The zero-order valence-corrected chi connectivity index (χ0v) is 15.4. The minimum Gasteiger partial charge on any atom is -0.336 e. The van der Waals surface area contributed by atoms with Crippen molar-refractivity contribution in [3.63, 3.8) is 0 Å². The van der Waals surface area contributed by atoms with Crippen LogP contribution in [0.5, 0.6) is 0 Å². The molecule has 1 fully saturated rings. The monoisotopic (exact) mass is 389 g/mol. The molecule has 0 bridgehead atoms. The van der Waals surface area contributed by atoms with Crippen molar-refractivity contribution < 1.29 is 4.79 Å². The molecule has 2 aromatic rings. The van der Waals surface area contributed by atoms with Crippen molar-refractivity contribution in [3.8, 4) is 0 Å². The van der Waals surface area contributed by atoms with E-state index in [1.807, 2.05) is 36.1 Å². The first-order chi connectivity index (χ1) is 11.5. The van der Waals surface area contributed by atoms with Crippen LogP contribution in [-0.4, -0.2) is 58.9 Å². The predicted molar refractivity (Wildman–Crippen MR) is 97.6 cm³/mol. The van der Waals surface area contributed by atoms with Gasteiger partial charge in [-0.15, -0.1) is 0 Å². The fourth-order valence-corrected chi connectivity index (χ4v) is 2.72. The number of aryl methyl sites for hydroxylation is 1. The first kappa shape index (κ1) is 16.9. The van der Waals surface area contributed by atoms with E-state index in [2.05, 4.69) is 43.2 Å². The molecule has 1 amide bonds. The number of anilines is 2. The maximum Gasteiger partial charge on any atom is 0.253 e. The van der Waals surface area contributed by atoms with Gasteiger partial charge < -0.3 is 15.1 Å². The maximum absolute atomic E-state index is 12.5. The largest absolute Gasteiger partial charge is 0.336 e. The molecule has 0 spiro atoms. The Kier molecular flexibility index (Phi) is 5.11. The van der Waals surface area contributed by atoms with Gasteiger partial charge in [0.2, 0.25) is 5.95 Å². The highest BCUT2D eigenvalue weighted by atomic mass is 79.9. The molecule has 0 radical (unpaired) electrons. The van der Waals surface area contributed by atoms with Crippen LogP contribution >= 0.6 is 15.9 Å². The van der Waals surface area contributed by atoms with Gasteiger partial charge in [-0.1, -0.05) is 0 Å². The van der Waals surface area contributed by atoms with Crippen LogP contribution in [0, 0.1) is 6.92 Å². The van der Waals surface area contributed by atoms with Crippen molar-refractivity contribution in [2.24, 2.45) is 0 Å². The number of halogens is 1. The highest BCUT2D eigenvalue weighted by Gasteiger charge is 2.20. The quantitative estimate of drug-likeness (QED) is 0.873. The summed E-state index contributed by atoms with van der Waals surface area (Å²) in [6.45, 7) is 5.31. The van der Waals surface area contributed by atoms with Crippen LogP contribution in [0.2, 0.25) is 0 Å². The van der Waals surface area contributed by atoms with Crippen LogP contribution in [0.3, 0.4) is 0 Å². The van der Waals surface area contributed by atoms with E-state index in [9.17, 15) is 4.79 Å². The molecule has 1 aliphatic rings. The van der Waals surface area contributed by atoms with E-state index < -0.39 is 0 Å². The van der Waals surface area contributed by atoms with Crippen LogP contribution < -0.4 is 5.32 Å². The normalized spacial score (nSPS) is 15.4. The molecule has 1 aromatic heterocycles. The van der Waals surface area contributed by atoms with Gasteiger partial charge in [-0.2, -0.15) is 0 Å². The molecule has 2 heterocycles. The average Bonchev–Trinajstić information content (AvgIpc) is 2.59. The highest BCUT2D eigenvalue weighted by molar-refractivity contribution is 9.10. The van der Waals surface area contributed by atoms with E-state index in [0.717, 1.165) is 42.0 Å². The van der Waals surface area contributed by atoms with Crippen LogP contribution in [0.1, 0.15) is 16.1 Å². The number of nitrogens with zero attached hydrogens (tertiary/aromatic N) is 4. The number of benzene rings is 1. The van der Waals surface area contributed by atoms with Crippen molar-refractivity contribution in [1.29, 1.82) is 0 Å². The second-order valence-corrected chi connectivity index (χ2v) is 6.78. The zero-order valence-electron chi connectivity index (χ0n) is 13.8. The van der Waals surface area contributed by atoms with E-state index in [-0.39, 0.29) is 5.91 Å². The fraction of sp³-hybridized carbons (Fsp3) is 0.353. The van der Waals surface area contributed by atoms with Crippen molar-refractivity contribution in [3.05, 3.63) is 46.2 Å². The highest BCUT2D eigenvalue weighted by Crippen LogP contribution is 2.18. The first-order valence-corrected chi connectivity index (χ1v) is 8.66. The Hall–Kier alpha value is -1.99. The molecular weight excluding hydrogens is 370 g/mol. The number of carbonyl (C=O) groups is 1. The van der Waals surface area contributed by atoms with E-state index in [0.29, 0.717) is 11.5 Å². The Morgan fingerprint density at radius 2 is 1.83 bits per heavy atom. The number of rotatable bonds is 3. The van der Waals surface area contributed by atoms with Crippen molar-refractivity contribution in [1.82, 2.24) is 19.8 Å². The lowest BCUT2D eigenvalue weighted by molar-refractivity contribution is 0.0664. The predicted octanol–water partition coefficient (Wildman–Crippen LogP) is 2.68. The van der Waals surface area contributed by atoms with Gasteiger partial charge >= 0.3 is 0 Å². The number of hydrogen-bond donors (Lipinski definition) is 1. The molecular formula is C17H20BrN5O. The van der Waals surface area contributed by atoms with Crippen molar-refractivity contribution in [2.75, 3.05) is 38.5 Å². The topological polar surface area (TPSA) is 61.4 Å². The third kappa shape index (κ3) is 3.91. The van der Waals surface area contributed by atoms with Gasteiger partial charge in [0.25, 0.3) is 5.91 Å². The summed E-state index contributed by atoms with van der Waals surface area (Å²) in [7, 11) is 2.08. The van der Waals surface area contributed by atoms with Crippen LogP contribution in [-0.2, 0) is 0 Å². The molecule has 6 nitrogen and oxygen atoms in total. The van der Waals surface area contributed by atoms with Gasteiger partial charge in [0.15, 0.2) is 0 Å². The summed E-state index contributed by atoms with van der Waals surface area (Å²) in [5.74, 6) is 0.624. The summed E-state index contributed by atoms with van der Waals surface area (Å²) >= 11 is 3.38. The van der Waals surface area contributed by atoms with Gasteiger partial charge in [0.05, 0.1) is 10.2 Å². The van der Waals surface area contributed by atoms with Crippen LogP contribution in [0.25, 0.3) is 0 Å². The molecule has 126 valence electrons. The number of amides is 1. The lowest BCUT2D eigenvalue weighted by Crippen LogP contribution is -2.47. The van der Waals surface area contributed by atoms with Crippen molar-refractivity contribution in [2.45, 2.75) is 6.92 Å². The Balaban J connectivity index is 1.66. The molecule has 3 rings (SSSR count). The smallest absolute Gasteiger partial charge is 0.253 e. The Morgan fingerprint density at radius 3 is 2.46 bits per heavy atom. The summed E-state index contributed by atoms with van der Waals surface area (Å²) in [5.41, 5.74) is 2.43. The second-order valence-electron chi connectivity index (χ2n) is 5.92. The number of hydrogen-bond acceptors (Lipinski definition) is 5. The number of nitrogens with one attached hydrogen (secondary N) is 1. The van der Waals surface area contributed by atoms with Gasteiger partial charge in [-0.3, -0.25) is 4.79 Å². The molecule has 1 N–H and O–H groups in total. The van der Waals surface area contributed by atoms with E-state index in [1.165, 1.54) is 0 Å². The second kappa shape index (κ2) is 7.27. The maximum atomic E-state index is 12.5. The van der Waals surface area contributed by atoms with Crippen LogP contribution in [0.4, 0.5) is 11.6 Å². The molecule has 0 unspecified atom stereocenters. The van der Waals surface area contributed by atoms with Crippen LogP contribution in [0.15, 0.2) is 34.9 Å². The minimum absolute atomic E-state index is 0.0883. The molecule has 1 aromatic carbocycles. The zero-order chi connectivity index (χ0) is 17.1. The average molecular weight is 390 g/mol. The molecule has 24 heavy (non-hydrogen) atoms. The van der Waals surface area contributed by atoms with Gasteiger partial charge in [0, 0.05) is 43.6 Å². The summed E-state index contributed by atoms with van der Waals surface area (Å²) in [6.07, 6.45) is 1.72. The summed E-state index contributed by atoms with van der Waals surface area (Å²) in [5, 5.41) is 3.15. The fourth-order valence-electron chi connectivity index (χ4n) is 2.53. The van der Waals surface area contributed by atoms with Gasteiger partial charge in [0.1, 0.15) is 0 Å². The van der Waals surface area contributed by atoms with Gasteiger partial charge in [-0.25, -0.2) is 9.97 Å². The molecule has 0 saturated carbocycles. The van der Waals surface area contributed by atoms with Gasteiger partial charge in [-0.05, 0) is 54.2 Å². The van der Waals surface area contributed by atoms with E-state index >= 15 is 0 Å². The third-order valence-corrected chi connectivity index (χ3v) is 4.88. The first-order valence-electron chi connectivity index (χ1n) is 7.87. The number of piperazine rings is 1. The standard InChI is InChI=1S/C17H20BrN5O/c1-12-15(18)11-19-17(20-12)21-14-5-3-13(4-6-14)16(24)23-9-7-22(2)8-10-23/h3-6,11H,7-10H2,1-2H3,(H,19,20,21). The van der Waals surface area contributed by atoms with E-state index in [1.54, 1.807) is 6.20 Å². The Bertz CT molecular complexity index is 726. The molecule has 0 aliphatic carbocycles. The summed E-state index contributed by atoms with van der Waals surface area (Å²) in [6, 6.07) is 7.44. The third-order valence-electron chi connectivity index (χ3n) is 4.10. The summed E-state index contributed by atoms with van der Waals surface area (Å²) in [4.78, 5) is 25.2. The number of aromatic nitrogens is 2. The number of carbonyl (C=O) groups excluding carboxylic acids is 1. The Labute approximate surface area is 150 Å². The minimum atomic E-state index is 0.0883. The van der Waals surface area contributed by atoms with Crippen molar-refractivity contribution >= 4 is 33.5 Å². The lowest BCUT2D eigenvalue weighted by atomic mass is 10.1. The molecule has 0 atom stereocenters. The Morgan fingerprint density at radius 1 is 1.17 bits per heavy atom. The summed E-state index contributed by atoms with van der Waals surface area (Å²) < 4.78 is 0.876. The SMILES string of the molecule is Cc1nc(Nc2ccc(C(=O)N3CCN(C)CC3)cc2)ncc1Br. The molecule has 7 heteroatoms.